The summed E-state index contributed by atoms with van der Waals surface area (Å²) in [5.41, 5.74) is 3.42. The van der Waals surface area contributed by atoms with E-state index in [-0.39, 0.29) is 0 Å². The van der Waals surface area contributed by atoms with Crippen molar-refractivity contribution < 1.29 is 0 Å². The standard InChI is InChI=1S/C22H14Cl2N6S2/c23-15-3-1-5-17(11-15)29-19(25-27-21(29)31)13-7-9-14(10-8-13)20-26-28-22(32)30(20)18-6-2-4-16(24)12-18/h1-12H,(H,27,31)(H,28,32). The lowest BCUT2D eigenvalue weighted by atomic mass is 10.1. The van der Waals surface area contributed by atoms with Crippen molar-refractivity contribution in [1.29, 1.82) is 0 Å². The van der Waals surface area contributed by atoms with E-state index in [4.69, 9.17) is 47.6 Å². The Hall–Kier alpha value is -3.04. The van der Waals surface area contributed by atoms with Gasteiger partial charge in [-0.3, -0.25) is 19.3 Å². The molecular formula is C22H14Cl2N6S2. The average Bonchev–Trinajstić information content (AvgIpc) is 3.36. The van der Waals surface area contributed by atoms with Crippen LogP contribution in [-0.2, 0) is 0 Å². The van der Waals surface area contributed by atoms with Gasteiger partial charge in [-0.15, -0.1) is 0 Å². The molecule has 5 aromatic rings. The van der Waals surface area contributed by atoms with Gasteiger partial charge in [0, 0.05) is 21.2 Å². The quantitative estimate of drug-likeness (QED) is 0.268. The van der Waals surface area contributed by atoms with Crippen LogP contribution in [0.3, 0.4) is 0 Å². The number of halogens is 2. The largest absolute Gasteiger partial charge is 0.268 e. The number of nitrogens with zero attached hydrogens (tertiary/aromatic N) is 4. The molecule has 2 aromatic heterocycles. The topological polar surface area (TPSA) is 67.2 Å². The molecular weight excluding hydrogens is 483 g/mol. The molecule has 0 radical (unpaired) electrons. The Morgan fingerprint density at radius 1 is 0.625 bits per heavy atom. The molecule has 10 heteroatoms. The summed E-state index contributed by atoms with van der Waals surface area (Å²) in [7, 11) is 0. The third-order valence-electron chi connectivity index (χ3n) is 4.88. The number of aromatic nitrogens is 6. The SMILES string of the molecule is S=c1[nH]nc(-c2ccc(-c3n[nH]c(=S)n3-c3cccc(Cl)c3)cc2)n1-c1cccc(Cl)c1. The predicted octanol–water partition coefficient (Wildman–Crippen LogP) is 6.81. The summed E-state index contributed by atoms with van der Waals surface area (Å²) in [6, 6.07) is 22.8. The van der Waals surface area contributed by atoms with Gasteiger partial charge in [-0.05, 0) is 60.8 Å². The first kappa shape index (κ1) is 20.8. The van der Waals surface area contributed by atoms with E-state index in [1.807, 2.05) is 81.9 Å². The van der Waals surface area contributed by atoms with Crippen LogP contribution in [0, 0.1) is 9.54 Å². The van der Waals surface area contributed by atoms with Gasteiger partial charge in [0.05, 0.1) is 11.4 Å². The molecule has 0 saturated carbocycles. The summed E-state index contributed by atoms with van der Waals surface area (Å²) < 4.78 is 4.65. The van der Waals surface area contributed by atoms with E-state index in [2.05, 4.69) is 20.4 Å². The van der Waals surface area contributed by atoms with Crippen molar-refractivity contribution in [3.8, 4) is 34.2 Å². The maximum atomic E-state index is 6.17. The molecule has 0 aliphatic carbocycles. The van der Waals surface area contributed by atoms with E-state index in [0.717, 1.165) is 22.5 Å². The van der Waals surface area contributed by atoms with Crippen molar-refractivity contribution in [3.63, 3.8) is 0 Å². The number of rotatable bonds is 4. The molecule has 2 heterocycles. The van der Waals surface area contributed by atoms with E-state index >= 15 is 0 Å². The minimum atomic E-state index is 0.480. The van der Waals surface area contributed by atoms with Crippen LogP contribution in [0.1, 0.15) is 0 Å². The van der Waals surface area contributed by atoms with Crippen molar-refractivity contribution in [2.75, 3.05) is 0 Å². The summed E-state index contributed by atoms with van der Waals surface area (Å²) in [5, 5.41) is 15.8. The van der Waals surface area contributed by atoms with Crippen LogP contribution in [0.25, 0.3) is 34.2 Å². The molecule has 158 valence electrons. The highest BCUT2D eigenvalue weighted by atomic mass is 35.5. The summed E-state index contributed by atoms with van der Waals surface area (Å²) in [6.07, 6.45) is 0. The molecule has 5 rings (SSSR count). The van der Waals surface area contributed by atoms with Gasteiger partial charge in [-0.1, -0.05) is 59.6 Å². The Morgan fingerprint density at radius 3 is 1.41 bits per heavy atom. The fraction of sp³-hybridized carbons (Fsp3) is 0. The lowest BCUT2D eigenvalue weighted by Crippen LogP contribution is -1.99. The molecule has 0 aliphatic heterocycles. The highest BCUT2D eigenvalue weighted by Gasteiger charge is 2.14. The van der Waals surface area contributed by atoms with Crippen LogP contribution in [0.2, 0.25) is 10.0 Å². The first-order valence-corrected chi connectivity index (χ1v) is 11.1. The lowest BCUT2D eigenvalue weighted by Gasteiger charge is -2.09. The van der Waals surface area contributed by atoms with E-state index in [0.29, 0.717) is 31.2 Å². The third kappa shape index (κ3) is 3.82. The summed E-state index contributed by atoms with van der Waals surface area (Å²) in [4.78, 5) is 0. The van der Waals surface area contributed by atoms with Crippen LogP contribution < -0.4 is 0 Å². The normalized spacial score (nSPS) is 11.1. The van der Waals surface area contributed by atoms with Crippen LogP contribution >= 0.6 is 47.6 Å². The predicted molar refractivity (Wildman–Crippen MR) is 132 cm³/mol. The number of hydrogen-bond donors (Lipinski definition) is 2. The summed E-state index contributed by atoms with van der Waals surface area (Å²) in [6.45, 7) is 0. The monoisotopic (exact) mass is 496 g/mol. The Labute approximate surface area is 203 Å². The van der Waals surface area contributed by atoms with E-state index < -0.39 is 0 Å². The van der Waals surface area contributed by atoms with Gasteiger partial charge in [0.1, 0.15) is 0 Å². The van der Waals surface area contributed by atoms with Gasteiger partial charge in [-0.2, -0.15) is 10.2 Å². The Morgan fingerprint density at radius 2 is 1.03 bits per heavy atom. The second-order valence-corrected chi connectivity index (χ2v) is 8.56. The second kappa shape index (κ2) is 8.48. The molecule has 0 atom stereocenters. The maximum absolute atomic E-state index is 6.17. The fourth-order valence-electron chi connectivity index (χ4n) is 3.46. The van der Waals surface area contributed by atoms with Gasteiger partial charge in [0.25, 0.3) is 0 Å². The Balaban J connectivity index is 1.57. The minimum Gasteiger partial charge on any atom is -0.268 e. The molecule has 0 bridgehead atoms. The minimum absolute atomic E-state index is 0.480. The zero-order valence-electron chi connectivity index (χ0n) is 16.3. The van der Waals surface area contributed by atoms with Crippen molar-refractivity contribution in [2.45, 2.75) is 0 Å². The van der Waals surface area contributed by atoms with Crippen LogP contribution in [0.15, 0.2) is 72.8 Å². The number of H-pyrrole nitrogens is 2. The Kier molecular flexibility index (Phi) is 5.52. The van der Waals surface area contributed by atoms with Gasteiger partial charge in [-0.25, -0.2) is 0 Å². The first-order chi connectivity index (χ1) is 15.5. The van der Waals surface area contributed by atoms with Gasteiger partial charge in [0.15, 0.2) is 21.2 Å². The van der Waals surface area contributed by atoms with Crippen molar-refractivity contribution in [2.24, 2.45) is 0 Å². The molecule has 32 heavy (non-hydrogen) atoms. The number of nitrogens with one attached hydrogen (secondary N) is 2. The highest BCUT2D eigenvalue weighted by Crippen LogP contribution is 2.27. The van der Waals surface area contributed by atoms with Crippen molar-refractivity contribution >= 4 is 47.6 Å². The fourth-order valence-corrected chi connectivity index (χ4v) is 4.30. The molecule has 2 N–H and O–H groups in total. The average molecular weight is 497 g/mol. The molecule has 0 fully saturated rings. The first-order valence-electron chi connectivity index (χ1n) is 9.49. The summed E-state index contributed by atoms with van der Waals surface area (Å²) in [5.74, 6) is 1.36. The van der Waals surface area contributed by atoms with E-state index in [9.17, 15) is 0 Å². The number of aromatic amines is 2. The highest BCUT2D eigenvalue weighted by molar-refractivity contribution is 7.71. The molecule has 6 nitrogen and oxygen atoms in total. The number of hydrogen-bond acceptors (Lipinski definition) is 4. The lowest BCUT2D eigenvalue weighted by molar-refractivity contribution is 1.03. The zero-order valence-corrected chi connectivity index (χ0v) is 19.4. The van der Waals surface area contributed by atoms with E-state index in [1.165, 1.54) is 0 Å². The van der Waals surface area contributed by atoms with Crippen LogP contribution in [0.5, 0.6) is 0 Å². The van der Waals surface area contributed by atoms with Gasteiger partial charge >= 0.3 is 0 Å². The van der Waals surface area contributed by atoms with Crippen molar-refractivity contribution in [1.82, 2.24) is 29.5 Å². The second-order valence-electron chi connectivity index (χ2n) is 6.91. The maximum Gasteiger partial charge on any atom is 0.200 e. The zero-order chi connectivity index (χ0) is 22.2. The molecule has 0 saturated heterocycles. The molecule has 3 aromatic carbocycles. The smallest absolute Gasteiger partial charge is 0.200 e. The summed E-state index contributed by atoms with van der Waals surface area (Å²) >= 11 is 23.2. The number of benzene rings is 3. The van der Waals surface area contributed by atoms with Gasteiger partial charge in [0.2, 0.25) is 0 Å². The van der Waals surface area contributed by atoms with Crippen LogP contribution in [0.4, 0.5) is 0 Å². The Bertz CT molecular complexity index is 1430. The molecule has 0 unspecified atom stereocenters. The van der Waals surface area contributed by atoms with Gasteiger partial charge < -0.3 is 0 Å². The molecule has 0 amide bonds. The third-order valence-corrected chi connectivity index (χ3v) is 5.90. The molecule has 0 spiro atoms. The van der Waals surface area contributed by atoms with E-state index in [1.54, 1.807) is 0 Å². The van der Waals surface area contributed by atoms with Crippen molar-refractivity contribution in [3.05, 3.63) is 92.4 Å². The molecule has 0 aliphatic rings. The van der Waals surface area contributed by atoms with Crippen LogP contribution in [-0.4, -0.2) is 29.5 Å².